The molecule has 0 radical (unpaired) electrons. The predicted molar refractivity (Wildman–Crippen MR) is 102 cm³/mol. The molecule has 1 heterocycles. The van der Waals surface area contributed by atoms with Gasteiger partial charge in [0.05, 0.1) is 10.5 Å². The summed E-state index contributed by atoms with van der Waals surface area (Å²) in [6.45, 7) is 0. The molecule has 29 heavy (non-hydrogen) atoms. The van der Waals surface area contributed by atoms with E-state index >= 15 is 0 Å². The molecule has 0 aliphatic rings. The zero-order valence-electron chi connectivity index (χ0n) is 15.6. The largest absolute Gasteiger partial charge is 0.338 e. The highest BCUT2D eigenvalue weighted by Crippen LogP contribution is 2.23. The van der Waals surface area contributed by atoms with E-state index in [1.54, 1.807) is 23.9 Å². The summed E-state index contributed by atoms with van der Waals surface area (Å²) in [5.41, 5.74) is -0.0657. The third-order valence-corrected chi connectivity index (χ3v) is 5.75. The average Bonchev–Trinajstić information content (AvgIpc) is 3.11. The van der Waals surface area contributed by atoms with Crippen LogP contribution < -0.4 is 10.0 Å². The lowest BCUT2D eigenvalue weighted by atomic mass is 10.0. The molecule has 0 saturated carbocycles. The van der Waals surface area contributed by atoms with E-state index in [2.05, 4.69) is 15.0 Å². The van der Waals surface area contributed by atoms with Crippen LogP contribution in [0.3, 0.4) is 0 Å². The number of nitrogens with one attached hydrogen (secondary N) is 2. The maximum atomic E-state index is 14.3. The van der Waals surface area contributed by atoms with Gasteiger partial charge in [-0.15, -0.1) is 0 Å². The third-order valence-electron chi connectivity index (χ3n) is 4.34. The minimum Gasteiger partial charge on any atom is -0.338 e. The van der Waals surface area contributed by atoms with Crippen LogP contribution in [0.25, 0.3) is 0 Å². The molecule has 1 atom stereocenters. The molecular weight excluding hydrogens is 402 g/mol. The standard InChI is InChI=1S/C19H18F2N4O3S/c1-22-29(27,28)14-6-7-16(21)15(11-14)19(26)24-17(18-23-8-9-25(18)2)12-4-3-5-13(20)10-12/h3-11,17,22H,1-2H3,(H,24,26). The molecule has 0 aliphatic heterocycles. The Morgan fingerprint density at radius 3 is 2.55 bits per heavy atom. The zero-order valence-corrected chi connectivity index (χ0v) is 16.4. The number of rotatable bonds is 6. The number of imidazole rings is 1. The first-order valence-electron chi connectivity index (χ1n) is 8.49. The Hall–Kier alpha value is -3.11. The van der Waals surface area contributed by atoms with E-state index in [1.165, 1.54) is 31.4 Å². The number of benzene rings is 2. The Morgan fingerprint density at radius 2 is 1.93 bits per heavy atom. The van der Waals surface area contributed by atoms with E-state index < -0.39 is 39.2 Å². The number of aromatic nitrogens is 2. The van der Waals surface area contributed by atoms with Crippen LogP contribution in [0, 0.1) is 11.6 Å². The van der Waals surface area contributed by atoms with Crippen LogP contribution in [0.1, 0.15) is 27.8 Å². The molecule has 3 aromatic rings. The van der Waals surface area contributed by atoms with Gasteiger partial charge in [-0.3, -0.25) is 4.79 Å². The highest BCUT2D eigenvalue weighted by Gasteiger charge is 2.24. The number of carbonyl (C=O) groups is 1. The molecule has 2 N–H and O–H groups in total. The van der Waals surface area contributed by atoms with Gasteiger partial charge in [0.1, 0.15) is 23.5 Å². The third kappa shape index (κ3) is 4.33. The monoisotopic (exact) mass is 420 g/mol. The van der Waals surface area contributed by atoms with Gasteiger partial charge < -0.3 is 9.88 Å². The number of carbonyl (C=O) groups excluding carboxylic acids is 1. The first-order valence-corrected chi connectivity index (χ1v) is 9.98. The summed E-state index contributed by atoms with van der Waals surface area (Å²) in [5, 5.41) is 2.61. The molecule has 10 heteroatoms. The summed E-state index contributed by atoms with van der Waals surface area (Å²) in [4.78, 5) is 16.7. The number of hydrogen-bond donors (Lipinski definition) is 2. The Balaban J connectivity index is 2.02. The molecule has 1 aromatic heterocycles. The van der Waals surface area contributed by atoms with Crippen LogP contribution in [-0.4, -0.2) is 30.9 Å². The quantitative estimate of drug-likeness (QED) is 0.639. The highest BCUT2D eigenvalue weighted by molar-refractivity contribution is 7.89. The molecule has 7 nitrogen and oxygen atoms in total. The molecule has 0 aliphatic carbocycles. The number of nitrogens with zero attached hydrogens (tertiary/aromatic N) is 2. The molecule has 3 rings (SSSR count). The van der Waals surface area contributed by atoms with Crippen molar-refractivity contribution in [3.05, 3.63) is 83.4 Å². The maximum Gasteiger partial charge on any atom is 0.255 e. The number of aryl methyl sites for hydroxylation is 1. The molecule has 0 saturated heterocycles. The van der Waals surface area contributed by atoms with E-state index in [1.807, 2.05) is 0 Å². The second-order valence-corrected chi connectivity index (χ2v) is 8.09. The van der Waals surface area contributed by atoms with Crippen molar-refractivity contribution in [3.63, 3.8) is 0 Å². The lowest BCUT2D eigenvalue weighted by Gasteiger charge is -2.19. The van der Waals surface area contributed by atoms with E-state index in [0.29, 0.717) is 11.4 Å². The fourth-order valence-corrected chi connectivity index (χ4v) is 3.57. The zero-order chi connectivity index (χ0) is 21.2. The van der Waals surface area contributed by atoms with Crippen molar-refractivity contribution in [3.8, 4) is 0 Å². The van der Waals surface area contributed by atoms with E-state index in [4.69, 9.17) is 0 Å². The predicted octanol–water partition coefficient (Wildman–Crippen LogP) is 2.13. The normalized spacial score (nSPS) is 12.6. The summed E-state index contributed by atoms with van der Waals surface area (Å²) in [6, 6.07) is 7.58. The minimum absolute atomic E-state index is 0.258. The van der Waals surface area contributed by atoms with E-state index in [9.17, 15) is 22.0 Å². The fourth-order valence-electron chi connectivity index (χ4n) is 2.81. The van der Waals surface area contributed by atoms with Gasteiger partial charge in [0.25, 0.3) is 5.91 Å². The number of halogens is 2. The van der Waals surface area contributed by atoms with E-state index in [0.717, 1.165) is 18.2 Å². The molecule has 0 fully saturated rings. The van der Waals surface area contributed by atoms with Crippen molar-refractivity contribution in [1.82, 2.24) is 19.6 Å². The smallest absolute Gasteiger partial charge is 0.255 e. The highest BCUT2D eigenvalue weighted by atomic mass is 32.2. The fraction of sp³-hybridized carbons (Fsp3) is 0.158. The van der Waals surface area contributed by atoms with Gasteiger partial charge in [0.2, 0.25) is 10.0 Å². The van der Waals surface area contributed by atoms with Crippen LogP contribution in [0.2, 0.25) is 0 Å². The maximum absolute atomic E-state index is 14.3. The Labute approximate surface area is 166 Å². The molecular formula is C19H18F2N4O3S. The number of hydrogen-bond acceptors (Lipinski definition) is 4. The second-order valence-electron chi connectivity index (χ2n) is 6.21. The Morgan fingerprint density at radius 1 is 1.17 bits per heavy atom. The van der Waals surface area contributed by atoms with Crippen LogP contribution in [-0.2, 0) is 17.1 Å². The van der Waals surface area contributed by atoms with E-state index in [-0.39, 0.29) is 4.90 Å². The second kappa shape index (κ2) is 8.10. The first-order chi connectivity index (χ1) is 13.7. The summed E-state index contributed by atoms with van der Waals surface area (Å²) < 4.78 is 55.7. The van der Waals surface area contributed by atoms with Crippen molar-refractivity contribution in [2.75, 3.05) is 7.05 Å². The van der Waals surface area contributed by atoms with Crippen LogP contribution in [0.5, 0.6) is 0 Å². The Kier molecular flexibility index (Phi) is 5.76. The molecule has 2 aromatic carbocycles. The van der Waals surface area contributed by atoms with Gasteiger partial charge in [-0.1, -0.05) is 12.1 Å². The van der Waals surface area contributed by atoms with Crippen molar-refractivity contribution in [2.24, 2.45) is 7.05 Å². The summed E-state index contributed by atoms with van der Waals surface area (Å²) >= 11 is 0. The van der Waals surface area contributed by atoms with Crippen LogP contribution in [0.4, 0.5) is 8.78 Å². The van der Waals surface area contributed by atoms with Crippen molar-refractivity contribution in [1.29, 1.82) is 0 Å². The molecule has 152 valence electrons. The van der Waals surface area contributed by atoms with Gasteiger partial charge in [0.15, 0.2) is 0 Å². The SMILES string of the molecule is CNS(=O)(=O)c1ccc(F)c(C(=O)NC(c2cccc(F)c2)c2nccn2C)c1. The molecule has 0 bridgehead atoms. The minimum atomic E-state index is -3.87. The van der Waals surface area contributed by atoms with Crippen molar-refractivity contribution < 1.29 is 22.0 Å². The summed E-state index contributed by atoms with van der Waals surface area (Å²) in [5.74, 6) is -1.88. The van der Waals surface area contributed by atoms with Gasteiger partial charge >= 0.3 is 0 Å². The number of sulfonamides is 1. The summed E-state index contributed by atoms with van der Waals surface area (Å²) in [6.07, 6.45) is 3.16. The van der Waals surface area contributed by atoms with Crippen LogP contribution in [0.15, 0.2) is 59.8 Å². The molecule has 0 spiro atoms. The number of amides is 1. The lowest BCUT2D eigenvalue weighted by Crippen LogP contribution is -2.32. The van der Waals surface area contributed by atoms with Gasteiger partial charge in [-0.2, -0.15) is 0 Å². The summed E-state index contributed by atoms with van der Waals surface area (Å²) in [7, 11) is -0.966. The van der Waals surface area contributed by atoms with Crippen molar-refractivity contribution >= 4 is 15.9 Å². The molecule has 1 unspecified atom stereocenters. The van der Waals surface area contributed by atoms with Gasteiger partial charge in [-0.25, -0.2) is 26.9 Å². The van der Waals surface area contributed by atoms with Crippen LogP contribution >= 0.6 is 0 Å². The Bertz CT molecular complexity index is 1160. The average molecular weight is 420 g/mol. The lowest BCUT2D eigenvalue weighted by molar-refractivity contribution is 0.0936. The first kappa shape index (κ1) is 20.6. The van der Waals surface area contributed by atoms with Crippen molar-refractivity contribution in [2.45, 2.75) is 10.9 Å². The van der Waals surface area contributed by atoms with Gasteiger partial charge in [0, 0.05) is 19.4 Å². The van der Waals surface area contributed by atoms with Gasteiger partial charge in [-0.05, 0) is 42.9 Å². The topological polar surface area (TPSA) is 93.1 Å². The molecule has 1 amide bonds.